The molecule has 2 amide bonds. The van der Waals surface area contributed by atoms with Crippen LogP contribution in [0.4, 0.5) is 11.4 Å². The number of carbonyl (C=O) groups excluding carboxylic acids is 2. The maximum atomic E-state index is 11.0. The van der Waals surface area contributed by atoms with Crippen molar-refractivity contribution >= 4 is 23.2 Å². The van der Waals surface area contributed by atoms with Crippen LogP contribution in [-0.2, 0) is 22.4 Å². The van der Waals surface area contributed by atoms with Gasteiger partial charge in [-0.1, -0.05) is 29.8 Å². The average molecular weight is 310 g/mol. The van der Waals surface area contributed by atoms with Crippen molar-refractivity contribution in [2.24, 2.45) is 0 Å². The number of benzene rings is 2. The van der Waals surface area contributed by atoms with Gasteiger partial charge in [0.2, 0.25) is 11.8 Å². The normalized spacial score (nSPS) is 14.2. The van der Waals surface area contributed by atoms with Gasteiger partial charge in [0.25, 0.3) is 0 Å². The van der Waals surface area contributed by atoms with Gasteiger partial charge in [-0.2, -0.15) is 0 Å². The second kappa shape index (κ2) is 6.12. The summed E-state index contributed by atoms with van der Waals surface area (Å²) in [6.07, 6.45) is 1.00. The SMILES string of the molecule is COc1cccc2c1NC(=O)C2.Cc1ccc2c(c1)CC(=O)N2. The second-order valence-electron chi connectivity index (χ2n) is 5.60. The quantitative estimate of drug-likeness (QED) is 0.851. The zero-order valence-corrected chi connectivity index (χ0v) is 13.1. The molecule has 2 aliphatic rings. The molecule has 118 valence electrons. The lowest BCUT2D eigenvalue weighted by Gasteiger charge is -2.04. The van der Waals surface area contributed by atoms with Crippen LogP contribution in [0, 0.1) is 6.92 Å². The highest BCUT2D eigenvalue weighted by molar-refractivity contribution is 6.01. The lowest BCUT2D eigenvalue weighted by Crippen LogP contribution is -2.04. The Hall–Kier alpha value is -2.82. The van der Waals surface area contributed by atoms with E-state index in [1.807, 2.05) is 43.3 Å². The molecule has 0 atom stereocenters. The van der Waals surface area contributed by atoms with Gasteiger partial charge in [0, 0.05) is 5.69 Å². The Bertz CT molecular complexity index is 784. The number of anilines is 2. The van der Waals surface area contributed by atoms with Gasteiger partial charge in [-0.25, -0.2) is 0 Å². The van der Waals surface area contributed by atoms with Crippen molar-refractivity contribution in [1.29, 1.82) is 0 Å². The lowest BCUT2D eigenvalue weighted by atomic mass is 10.1. The molecule has 2 heterocycles. The average Bonchev–Trinajstić information content (AvgIpc) is 3.07. The van der Waals surface area contributed by atoms with Crippen LogP contribution in [0.3, 0.4) is 0 Å². The van der Waals surface area contributed by atoms with Crippen molar-refractivity contribution in [3.05, 3.63) is 53.1 Å². The first-order chi connectivity index (χ1) is 11.1. The minimum absolute atomic E-state index is 0.0366. The molecule has 0 saturated carbocycles. The van der Waals surface area contributed by atoms with Gasteiger partial charge in [0.15, 0.2) is 0 Å². The molecule has 0 bridgehead atoms. The van der Waals surface area contributed by atoms with Crippen molar-refractivity contribution in [3.8, 4) is 5.75 Å². The predicted octanol–water partition coefficient (Wildman–Crippen LogP) is 2.68. The third-order valence-electron chi connectivity index (χ3n) is 3.83. The molecule has 0 aliphatic carbocycles. The number of hydrogen-bond donors (Lipinski definition) is 2. The number of rotatable bonds is 1. The Morgan fingerprint density at radius 3 is 2.48 bits per heavy atom. The summed E-state index contributed by atoms with van der Waals surface area (Å²) in [6, 6.07) is 11.7. The molecular formula is C18H18N2O3. The molecule has 0 spiro atoms. The summed E-state index contributed by atoms with van der Waals surface area (Å²) in [5, 5.41) is 5.54. The van der Waals surface area contributed by atoms with Gasteiger partial charge in [-0.15, -0.1) is 0 Å². The highest BCUT2D eigenvalue weighted by Crippen LogP contribution is 2.32. The van der Waals surface area contributed by atoms with Crippen LogP contribution in [-0.4, -0.2) is 18.9 Å². The first kappa shape index (κ1) is 15.1. The van der Waals surface area contributed by atoms with Crippen LogP contribution in [0.5, 0.6) is 5.75 Å². The summed E-state index contributed by atoms with van der Waals surface area (Å²) in [5.74, 6) is 0.874. The van der Waals surface area contributed by atoms with E-state index in [1.54, 1.807) is 7.11 Å². The van der Waals surface area contributed by atoms with E-state index in [2.05, 4.69) is 10.6 Å². The molecule has 2 aromatic carbocycles. The molecule has 0 unspecified atom stereocenters. The maximum Gasteiger partial charge on any atom is 0.228 e. The molecule has 23 heavy (non-hydrogen) atoms. The smallest absolute Gasteiger partial charge is 0.228 e. The second-order valence-corrected chi connectivity index (χ2v) is 5.60. The fourth-order valence-corrected chi connectivity index (χ4v) is 2.75. The zero-order valence-electron chi connectivity index (χ0n) is 13.1. The minimum Gasteiger partial charge on any atom is -0.495 e. The fraction of sp³-hybridized carbons (Fsp3) is 0.222. The molecule has 0 saturated heterocycles. The summed E-state index contributed by atoms with van der Waals surface area (Å²) in [6.45, 7) is 2.03. The first-order valence-electron chi connectivity index (χ1n) is 7.42. The number of methoxy groups -OCH3 is 1. The Balaban J connectivity index is 0.000000136. The standard InChI is InChI=1S/C9H9NO2.C9H9NO/c1-12-7-4-2-3-6-5-8(11)10-9(6)7;1-6-2-3-8-7(4-6)5-9(11)10-8/h2-4H,5H2,1H3,(H,10,11);2-4H,5H2,1H3,(H,10,11). The van der Waals surface area contributed by atoms with Gasteiger partial charge in [-0.3, -0.25) is 9.59 Å². The monoisotopic (exact) mass is 310 g/mol. The topological polar surface area (TPSA) is 67.4 Å². The van der Waals surface area contributed by atoms with Gasteiger partial charge in [-0.05, 0) is 30.2 Å². The van der Waals surface area contributed by atoms with Gasteiger partial charge >= 0.3 is 0 Å². The number of ether oxygens (including phenoxy) is 1. The van der Waals surface area contributed by atoms with Crippen molar-refractivity contribution in [2.75, 3.05) is 17.7 Å². The highest BCUT2D eigenvalue weighted by atomic mass is 16.5. The van der Waals surface area contributed by atoms with Crippen molar-refractivity contribution < 1.29 is 14.3 Å². The number of nitrogens with one attached hydrogen (secondary N) is 2. The summed E-state index contributed by atoms with van der Waals surface area (Å²) in [5.41, 5.74) is 5.14. The number of carbonyl (C=O) groups is 2. The van der Waals surface area contributed by atoms with E-state index >= 15 is 0 Å². The van der Waals surface area contributed by atoms with Crippen molar-refractivity contribution in [2.45, 2.75) is 19.8 Å². The third-order valence-corrected chi connectivity index (χ3v) is 3.83. The molecule has 2 N–H and O–H groups in total. The van der Waals surface area contributed by atoms with Crippen LogP contribution in [0.25, 0.3) is 0 Å². The van der Waals surface area contributed by atoms with Gasteiger partial charge in [0.05, 0.1) is 25.6 Å². The highest BCUT2D eigenvalue weighted by Gasteiger charge is 2.20. The van der Waals surface area contributed by atoms with E-state index in [9.17, 15) is 9.59 Å². The number of para-hydroxylation sites is 1. The van der Waals surface area contributed by atoms with Crippen LogP contribution in [0.2, 0.25) is 0 Å². The van der Waals surface area contributed by atoms with Crippen LogP contribution in [0.1, 0.15) is 16.7 Å². The largest absolute Gasteiger partial charge is 0.495 e. The van der Waals surface area contributed by atoms with E-state index in [0.717, 1.165) is 28.3 Å². The Morgan fingerprint density at radius 1 is 0.957 bits per heavy atom. The molecule has 0 radical (unpaired) electrons. The van der Waals surface area contributed by atoms with E-state index in [0.29, 0.717) is 12.8 Å². The molecule has 2 aliphatic heterocycles. The molecular weight excluding hydrogens is 292 g/mol. The van der Waals surface area contributed by atoms with Gasteiger partial charge in [0.1, 0.15) is 5.75 Å². The number of fused-ring (bicyclic) bond motifs is 2. The molecule has 0 aromatic heterocycles. The predicted molar refractivity (Wildman–Crippen MR) is 88.8 cm³/mol. The Morgan fingerprint density at radius 2 is 1.70 bits per heavy atom. The molecule has 2 aromatic rings. The Labute approximate surface area is 134 Å². The number of aryl methyl sites for hydroxylation is 1. The Kier molecular flexibility index (Phi) is 4.02. The lowest BCUT2D eigenvalue weighted by molar-refractivity contribution is -0.115. The van der Waals surface area contributed by atoms with E-state index in [-0.39, 0.29) is 11.8 Å². The van der Waals surface area contributed by atoms with Crippen LogP contribution < -0.4 is 15.4 Å². The molecule has 0 fully saturated rings. The molecule has 4 rings (SSSR count). The zero-order chi connectivity index (χ0) is 16.4. The first-order valence-corrected chi connectivity index (χ1v) is 7.42. The van der Waals surface area contributed by atoms with E-state index < -0.39 is 0 Å². The third kappa shape index (κ3) is 3.18. The summed E-state index contributed by atoms with van der Waals surface area (Å²) >= 11 is 0. The van der Waals surface area contributed by atoms with Crippen LogP contribution >= 0.6 is 0 Å². The van der Waals surface area contributed by atoms with Crippen LogP contribution in [0.15, 0.2) is 36.4 Å². The summed E-state index contributed by atoms with van der Waals surface area (Å²) in [7, 11) is 1.60. The van der Waals surface area contributed by atoms with Gasteiger partial charge < -0.3 is 15.4 Å². The van der Waals surface area contributed by atoms with Crippen molar-refractivity contribution in [3.63, 3.8) is 0 Å². The summed E-state index contributed by atoms with van der Waals surface area (Å²) in [4.78, 5) is 21.9. The maximum absolute atomic E-state index is 11.0. The van der Waals surface area contributed by atoms with Crippen molar-refractivity contribution in [1.82, 2.24) is 0 Å². The molecule has 5 heteroatoms. The minimum atomic E-state index is 0.0366. The van der Waals surface area contributed by atoms with E-state index in [4.69, 9.17) is 4.74 Å². The number of hydrogen-bond acceptors (Lipinski definition) is 3. The molecule has 5 nitrogen and oxygen atoms in total. The van der Waals surface area contributed by atoms with E-state index in [1.165, 1.54) is 5.56 Å². The fourth-order valence-electron chi connectivity index (χ4n) is 2.75. The summed E-state index contributed by atoms with van der Waals surface area (Å²) < 4.78 is 5.09. The number of amides is 2.